The molecule has 0 atom stereocenters. The zero-order valence-electron chi connectivity index (χ0n) is 12.2. The van der Waals surface area contributed by atoms with Crippen LogP contribution in [0.2, 0.25) is 0 Å². The molecule has 22 heavy (non-hydrogen) atoms. The first-order chi connectivity index (χ1) is 10.6. The summed E-state index contributed by atoms with van der Waals surface area (Å²) in [4.78, 5) is 37.5. The Kier molecular flexibility index (Phi) is 3.71. The van der Waals surface area contributed by atoms with E-state index in [1.807, 2.05) is 0 Å². The quantitative estimate of drug-likeness (QED) is 0.623. The maximum Gasteiger partial charge on any atom is 0.332 e. The fourth-order valence-corrected chi connectivity index (χ4v) is 3.80. The lowest BCUT2D eigenvalue weighted by molar-refractivity contribution is 0.112. The third kappa shape index (κ3) is 2.20. The van der Waals surface area contributed by atoms with Crippen molar-refractivity contribution in [2.24, 2.45) is 0 Å². The van der Waals surface area contributed by atoms with E-state index in [0.717, 1.165) is 19.1 Å². The van der Waals surface area contributed by atoms with Gasteiger partial charge in [-0.3, -0.25) is 18.7 Å². The molecule has 2 aromatic heterocycles. The molecule has 0 radical (unpaired) electrons. The van der Waals surface area contributed by atoms with Gasteiger partial charge in [-0.25, -0.2) is 4.79 Å². The molecule has 1 saturated carbocycles. The summed E-state index contributed by atoms with van der Waals surface area (Å²) in [7, 11) is 0. The van der Waals surface area contributed by atoms with E-state index in [2.05, 4.69) is 6.07 Å². The number of fused-ring (bicyclic) bond motifs is 1. The second-order valence-corrected chi connectivity index (χ2v) is 6.52. The maximum absolute atomic E-state index is 12.7. The predicted molar refractivity (Wildman–Crippen MR) is 83.6 cm³/mol. The number of aromatic nitrogens is 2. The van der Waals surface area contributed by atoms with Crippen LogP contribution >= 0.6 is 11.3 Å². The summed E-state index contributed by atoms with van der Waals surface area (Å²) in [6.45, 7) is 2.12. The highest BCUT2D eigenvalue weighted by molar-refractivity contribution is 7.20. The molecule has 0 aromatic carbocycles. The van der Waals surface area contributed by atoms with E-state index in [-0.39, 0.29) is 17.3 Å². The van der Waals surface area contributed by atoms with Gasteiger partial charge in [-0.05, 0) is 31.7 Å². The third-order valence-electron chi connectivity index (χ3n) is 3.97. The normalized spacial score (nSPS) is 14.2. The van der Waals surface area contributed by atoms with Crippen molar-refractivity contribution in [3.8, 4) is 6.07 Å². The van der Waals surface area contributed by atoms with Crippen LogP contribution in [0.3, 0.4) is 0 Å². The molecule has 114 valence electrons. The van der Waals surface area contributed by atoms with E-state index in [1.54, 1.807) is 11.5 Å². The lowest BCUT2D eigenvalue weighted by Gasteiger charge is -2.10. The van der Waals surface area contributed by atoms with E-state index < -0.39 is 0 Å². The first kappa shape index (κ1) is 14.7. The van der Waals surface area contributed by atoms with E-state index in [4.69, 9.17) is 5.26 Å². The number of unbranched alkanes of at least 4 members (excludes halogenated alkanes) is 1. The van der Waals surface area contributed by atoms with Gasteiger partial charge in [0.1, 0.15) is 4.83 Å². The number of carbonyl (C=O) groups is 1. The van der Waals surface area contributed by atoms with Crippen molar-refractivity contribution in [1.82, 2.24) is 9.13 Å². The van der Waals surface area contributed by atoms with Gasteiger partial charge in [0.25, 0.3) is 5.56 Å². The number of nitrogens with zero attached hydrogens (tertiary/aromatic N) is 3. The fourth-order valence-electron chi connectivity index (χ4n) is 2.66. The molecule has 6 nitrogen and oxygen atoms in total. The summed E-state index contributed by atoms with van der Waals surface area (Å²) in [5.74, 6) is 0. The van der Waals surface area contributed by atoms with Crippen LogP contribution in [0.25, 0.3) is 10.2 Å². The summed E-state index contributed by atoms with van der Waals surface area (Å²) >= 11 is 1.18. The number of aldehydes is 1. The van der Waals surface area contributed by atoms with Crippen molar-refractivity contribution < 1.29 is 4.79 Å². The molecular formula is C15H15N3O3S. The minimum Gasteiger partial charge on any atom is -0.297 e. The van der Waals surface area contributed by atoms with Crippen LogP contribution in [-0.4, -0.2) is 15.4 Å². The second-order valence-electron chi connectivity index (χ2n) is 5.49. The minimum atomic E-state index is -0.323. The van der Waals surface area contributed by atoms with Crippen LogP contribution in [0.5, 0.6) is 0 Å². The lowest BCUT2D eigenvalue weighted by Crippen LogP contribution is -2.39. The third-order valence-corrected chi connectivity index (χ3v) is 5.21. The topological polar surface area (TPSA) is 84.9 Å². The summed E-state index contributed by atoms with van der Waals surface area (Å²) in [5.41, 5.74) is 0.0287. The van der Waals surface area contributed by atoms with Crippen molar-refractivity contribution in [1.29, 1.82) is 5.26 Å². The van der Waals surface area contributed by atoms with Crippen molar-refractivity contribution in [2.75, 3.05) is 0 Å². The summed E-state index contributed by atoms with van der Waals surface area (Å²) in [5, 5.41) is 9.14. The molecule has 0 aliphatic heterocycles. The number of nitriles is 1. The van der Waals surface area contributed by atoms with Gasteiger partial charge in [-0.2, -0.15) is 5.26 Å². The molecule has 0 bridgehead atoms. The van der Waals surface area contributed by atoms with E-state index in [1.165, 1.54) is 15.9 Å². The van der Waals surface area contributed by atoms with Gasteiger partial charge in [-0.1, -0.05) is 0 Å². The number of hydrogen-bond acceptors (Lipinski definition) is 5. The lowest BCUT2D eigenvalue weighted by atomic mass is 10.2. The molecule has 0 saturated heterocycles. The van der Waals surface area contributed by atoms with Crippen molar-refractivity contribution in [2.45, 2.75) is 45.2 Å². The molecule has 1 aliphatic carbocycles. The molecule has 3 rings (SSSR count). The van der Waals surface area contributed by atoms with Crippen molar-refractivity contribution in [3.05, 3.63) is 31.3 Å². The van der Waals surface area contributed by atoms with Crippen molar-refractivity contribution >= 4 is 27.8 Å². The highest BCUT2D eigenvalue weighted by Gasteiger charge is 2.30. The minimum absolute atomic E-state index is 0.0226. The Morgan fingerprint density at radius 1 is 1.41 bits per heavy atom. The van der Waals surface area contributed by atoms with Gasteiger partial charge in [0, 0.05) is 19.0 Å². The standard InChI is InChI=1S/C15H15N3O3S/c1-9-11(8-19)22-14-12(9)13(20)18(10-4-5-10)15(21)17(14)7-3-2-6-16/h8,10H,2-5,7H2,1H3. The summed E-state index contributed by atoms with van der Waals surface area (Å²) < 4.78 is 2.88. The largest absolute Gasteiger partial charge is 0.332 e. The molecule has 7 heteroatoms. The summed E-state index contributed by atoms with van der Waals surface area (Å²) in [6.07, 6.45) is 3.29. The van der Waals surface area contributed by atoms with Gasteiger partial charge >= 0.3 is 5.69 Å². The first-order valence-corrected chi connectivity index (χ1v) is 8.02. The fraction of sp³-hybridized carbons (Fsp3) is 0.467. The summed E-state index contributed by atoms with van der Waals surface area (Å²) in [6, 6.07) is 2.04. The molecule has 0 N–H and O–H groups in total. The SMILES string of the molecule is Cc1c(C=O)sc2c1c(=O)n(C1CC1)c(=O)n2CCCC#N. The van der Waals surface area contributed by atoms with Gasteiger partial charge in [0.05, 0.1) is 16.3 Å². The van der Waals surface area contributed by atoms with Crippen LogP contribution < -0.4 is 11.2 Å². The van der Waals surface area contributed by atoms with E-state index in [9.17, 15) is 14.4 Å². The van der Waals surface area contributed by atoms with Crippen LogP contribution in [0.4, 0.5) is 0 Å². The average molecular weight is 317 g/mol. The molecule has 0 amide bonds. The van der Waals surface area contributed by atoms with Gasteiger partial charge in [-0.15, -0.1) is 11.3 Å². The Morgan fingerprint density at radius 3 is 2.73 bits per heavy atom. The Bertz CT molecular complexity index is 909. The highest BCUT2D eigenvalue weighted by atomic mass is 32.1. The van der Waals surface area contributed by atoms with Crippen LogP contribution in [0, 0.1) is 18.3 Å². The number of aryl methyl sites for hydroxylation is 2. The number of thiophene rings is 1. The molecular weight excluding hydrogens is 302 g/mol. The van der Waals surface area contributed by atoms with E-state index in [0.29, 0.717) is 40.0 Å². The highest BCUT2D eigenvalue weighted by Crippen LogP contribution is 2.34. The Balaban J connectivity index is 2.31. The van der Waals surface area contributed by atoms with Crippen LogP contribution in [0.15, 0.2) is 9.59 Å². The zero-order chi connectivity index (χ0) is 15.9. The van der Waals surface area contributed by atoms with E-state index >= 15 is 0 Å². The number of hydrogen-bond donors (Lipinski definition) is 0. The molecule has 0 unspecified atom stereocenters. The Hall–Kier alpha value is -2.20. The molecule has 1 fully saturated rings. The first-order valence-electron chi connectivity index (χ1n) is 7.20. The van der Waals surface area contributed by atoms with Crippen LogP contribution in [0.1, 0.15) is 47.0 Å². The smallest absolute Gasteiger partial charge is 0.297 e. The van der Waals surface area contributed by atoms with Gasteiger partial charge in [0.2, 0.25) is 0 Å². The van der Waals surface area contributed by atoms with Gasteiger partial charge < -0.3 is 0 Å². The number of carbonyl (C=O) groups excluding carboxylic acids is 1. The predicted octanol–water partition coefficient (Wildman–Crippen LogP) is 1.98. The maximum atomic E-state index is 12.7. The van der Waals surface area contributed by atoms with Crippen LogP contribution in [-0.2, 0) is 6.54 Å². The zero-order valence-corrected chi connectivity index (χ0v) is 13.0. The average Bonchev–Trinajstić information content (AvgIpc) is 3.26. The Labute approximate surface area is 130 Å². The molecule has 1 aliphatic rings. The van der Waals surface area contributed by atoms with Gasteiger partial charge in [0.15, 0.2) is 6.29 Å². The second kappa shape index (κ2) is 5.54. The molecule has 0 spiro atoms. The monoisotopic (exact) mass is 317 g/mol. The molecule has 2 aromatic rings. The number of rotatable bonds is 5. The Morgan fingerprint density at radius 2 is 2.14 bits per heavy atom. The molecule has 2 heterocycles. The van der Waals surface area contributed by atoms with Crippen molar-refractivity contribution in [3.63, 3.8) is 0 Å².